The van der Waals surface area contributed by atoms with E-state index in [1.54, 1.807) is 0 Å². The normalized spacial score (nSPS) is 24.6. The zero-order valence-corrected chi connectivity index (χ0v) is 13.4. The second-order valence-corrected chi connectivity index (χ2v) is 6.97. The molecular weight excluding hydrogens is 272 g/mol. The predicted molar refractivity (Wildman–Crippen MR) is 89.8 cm³/mol. The molecule has 1 unspecified atom stereocenters. The van der Waals surface area contributed by atoms with E-state index in [0.717, 1.165) is 26.1 Å². The molecular formula is C19H28N2O. The standard InChI is InChI=1S/C19H28N2O/c22-18(16-10-13-20-14-16)21-15-19(11-6-1-2-7-12-19)17-8-4-3-5-9-17/h3-5,8-9,16,20H,1-2,6-7,10-15H2,(H,21,22). The molecule has 3 heteroatoms. The molecule has 1 saturated heterocycles. The van der Waals surface area contributed by atoms with Crippen LogP contribution in [0.4, 0.5) is 0 Å². The van der Waals surface area contributed by atoms with Gasteiger partial charge in [-0.2, -0.15) is 0 Å². The lowest BCUT2D eigenvalue weighted by Gasteiger charge is -2.34. The third-order valence-corrected chi connectivity index (χ3v) is 5.48. The van der Waals surface area contributed by atoms with E-state index in [4.69, 9.17) is 0 Å². The molecule has 0 radical (unpaired) electrons. The molecule has 1 saturated carbocycles. The largest absolute Gasteiger partial charge is 0.355 e. The Morgan fingerprint density at radius 3 is 2.50 bits per heavy atom. The summed E-state index contributed by atoms with van der Waals surface area (Å²) in [5.41, 5.74) is 1.54. The highest BCUT2D eigenvalue weighted by atomic mass is 16.1. The Morgan fingerprint density at radius 2 is 1.86 bits per heavy atom. The van der Waals surface area contributed by atoms with Gasteiger partial charge in [-0.25, -0.2) is 0 Å². The van der Waals surface area contributed by atoms with Crippen LogP contribution in [0.5, 0.6) is 0 Å². The van der Waals surface area contributed by atoms with Gasteiger partial charge in [-0.3, -0.25) is 4.79 Å². The summed E-state index contributed by atoms with van der Waals surface area (Å²) in [7, 11) is 0. The molecule has 1 aliphatic carbocycles. The van der Waals surface area contributed by atoms with Crippen molar-refractivity contribution in [2.75, 3.05) is 19.6 Å². The highest BCUT2D eigenvalue weighted by Gasteiger charge is 2.34. The predicted octanol–water partition coefficient (Wildman–Crippen LogP) is 3.00. The molecule has 120 valence electrons. The number of carbonyl (C=O) groups is 1. The van der Waals surface area contributed by atoms with Crippen LogP contribution in [-0.2, 0) is 10.2 Å². The van der Waals surface area contributed by atoms with E-state index in [0.29, 0.717) is 0 Å². The van der Waals surface area contributed by atoms with Crippen molar-refractivity contribution in [3.63, 3.8) is 0 Å². The summed E-state index contributed by atoms with van der Waals surface area (Å²) in [6.07, 6.45) is 8.57. The van der Waals surface area contributed by atoms with Gasteiger partial charge in [0, 0.05) is 18.5 Å². The number of hydrogen-bond acceptors (Lipinski definition) is 2. The second-order valence-electron chi connectivity index (χ2n) is 6.97. The van der Waals surface area contributed by atoms with Gasteiger partial charge in [-0.1, -0.05) is 56.0 Å². The fourth-order valence-corrected chi connectivity index (χ4v) is 4.04. The van der Waals surface area contributed by atoms with Crippen LogP contribution in [0, 0.1) is 5.92 Å². The monoisotopic (exact) mass is 300 g/mol. The third kappa shape index (κ3) is 3.52. The van der Waals surface area contributed by atoms with Gasteiger partial charge >= 0.3 is 0 Å². The summed E-state index contributed by atoms with van der Waals surface area (Å²) >= 11 is 0. The van der Waals surface area contributed by atoms with Crippen LogP contribution in [0.3, 0.4) is 0 Å². The summed E-state index contributed by atoms with van der Waals surface area (Å²) in [4.78, 5) is 12.4. The quantitative estimate of drug-likeness (QED) is 0.839. The summed E-state index contributed by atoms with van der Waals surface area (Å²) in [6, 6.07) is 10.8. The van der Waals surface area contributed by atoms with Gasteiger partial charge < -0.3 is 10.6 Å². The van der Waals surface area contributed by atoms with E-state index in [2.05, 4.69) is 41.0 Å². The average Bonchev–Trinajstić information content (AvgIpc) is 3.00. The first kappa shape index (κ1) is 15.5. The van der Waals surface area contributed by atoms with Crippen molar-refractivity contribution < 1.29 is 4.79 Å². The molecule has 1 amide bonds. The minimum absolute atomic E-state index is 0.138. The van der Waals surface area contributed by atoms with Crippen LogP contribution >= 0.6 is 0 Å². The van der Waals surface area contributed by atoms with Gasteiger partial charge in [0.2, 0.25) is 5.91 Å². The summed E-state index contributed by atoms with van der Waals surface area (Å²) in [5.74, 6) is 0.406. The van der Waals surface area contributed by atoms with E-state index < -0.39 is 0 Å². The Kier molecular flexibility index (Phi) is 5.14. The number of benzene rings is 1. The highest BCUT2D eigenvalue weighted by Crippen LogP contribution is 2.37. The van der Waals surface area contributed by atoms with E-state index >= 15 is 0 Å². The molecule has 0 bridgehead atoms. The number of carbonyl (C=O) groups excluding carboxylic acids is 1. The average molecular weight is 300 g/mol. The zero-order valence-electron chi connectivity index (χ0n) is 13.4. The van der Waals surface area contributed by atoms with Crippen molar-refractivity contribution in [1.29, 1.82) is 0 Å². The number of rotatable bonds is 4. The minimum atomic E-state index is 0.138. The molecule has 1 atom stereocenters. The molecule has 2 N–H and O–H groups in total. The first-order valence-corrected chi connectivity index (χ1v) is 8.84. The van der Waals surface area contributed by atoms with Crippen molar-refractivity contribution in [1.82, 2.24) is 10.6 Å². The van der Waals surface area contributed by atoms with E-state index in [-0.39, 0.29) is 17.2 Å². The lowest BCUT2D eigenvalue weighted by Crippen LogP contribution is -2.43. The first-order valence-electron chi connectivity index (χ1n) is 8.84. The van der Waals surface area contributed by atoms with Crippen molar-refractivity contribution in [2.24, 2.45) is 5.92 Å². The Labute approximate surface area is 133 Å². The Balaban J connectivity index is 1.72. The molecule has 3 rings (SSSR count). The van der Waals surface area contributed by atoms with E-state index in [1.165, 1.54) is 44.1 Å². The molecule has 1 aromatic carbocycles. The fourth-order valence-electron chi connectivity index (χ4n) is 4.04. The van der Waals surface area contributed by atoms with E-state index in [1.807, 2.05) is 0 Å². The van der Waals surface area contributed by atoms with Gasteiger partial charge in [-0.05, 0) is 31.4 Å². The van der Waals surface area contributed by atoms with Gasteiger partial charge in [0.05, 0.1) is 5.92 Å². The molecule has 2 fully saturated rings. The van der Waals surface area contributed by atoms with Gasteiger partial charge in [0.15, 0.2) is 0 Å². The van der Waals surface area contributed by atoms with Crippen LogP contribution in [0.15, 0.2) is 30.3 Å². The fraction of sp³-hybridized carbons (Fsp3) is 0.632. The lowest BCUT2D eigenvalue weighted by molar-refractivity contribution is -0.124. The maximum absolute atomic E-state index is 12.4. The molecule has 0 aromatic heterocycles. The van der Waals surface area contributed by atoms with Crippen molar-refractivity contribution in [3.05, 3.63) is 35.9 Å². The molecule has 2 aliphatic rings. The molecule has 1 aromatic rings. The van der Waals surface area contributed by atoms with Gasteiger partial charge in [-0.15, -0.1) is 0 Å². The molecule has 1 aliphatic heterocycles. The summed E-state index contributed by atoms with van der Waals surface area (Å²) < 4.78 is 0. The van der Waals surface area contributed by atoms with Crippen LogP contribution in [0.25, 0.3) is 0 Å². The second kappa shape index (κ2) is 7.28. The molecule has 0 spiro atoms. The Morgan fingerprint density at radius 1 is 1.14 bits per heavy atom. The maximum atomic E-state index is 12.4. The Bertz CT molecular complexity index is 471. The third-order valence-electron chi connectivity index (χ3n) is 5.48. The molecule has 22 heavy (non-hydrogen) atoms. The first-order chi connectivity index (χ1) is 10.8. The van der Waals surface area contributed by atoms with E-state index in [9.17, 15) is 4.79 Å². The maximum Gasteiger partial charge on any atom is 0.224 e. The van der Waals surface area contributed by atoms with Crippen LogP contribution in [0.2, 0.25) is 0 Å². The summed E-state index contributed by atoms with van der Waals surface area (Å²) in [5, 5.41) is 6.56. The zero-order chi connectivity index (χ0) is 15.3. The Hall–Kier alpha value is -1.35. The summed E-state index contributed by atoms with van der Waals surface area (Å²) in [6.45, 7) is 2.61. The number of amides is 1. The topological polar surface area (TPSA) is 41.1 Å². The van der Waals surface area contributed by atoms with Crippen molar-refractivity contribution in [3.8, 4) is 0 Å². The highest BCUT2D eigenvalue weighted by molar-refractivity contribution is 5.79. The van der Waals surface area contributed by atoms with Crippen LogP contribution < -0.4 is 10.6 Å². The van der Waals surface area contributed by atoms with Crippen molar-refractivity contribution >= 4 is 5.91 Å². The van der Waals surface area contributed by atoms with Crippen LogP contribution in [0.1, 0.15) is 50.5 Å². The van der Waals surface area contributed by atoms with Gasteiger partial charge in [0.1, 0.15) is 0 Å². The van der Waals surface area contributed by atoms with Gasteiger partial charge in [0.25, 0.3) is 0 Å². The molecule has 1 heterocycles. The smallest absolute Gasteiger partial charge is 0.224 e. The minimum Gasteiger partial charge on any atom is -0.355 e. The van der Waals surface area contributed by atoms with Crippen LogP contribution in [-0.4, -0.2) is 25.5 Å². The SMILES string of the molecule is O=C(NCC1(c2ccccc2)CCCCCC1)C1CCNC1. The number of hydrogen-bond donors (Lipinski definition) is 2. The lowest BCUT2D eigenvalue weighted by atomic mass is 9.74. The molecule has 3 nitrogen and oxygen atoms in total. The van der Waals surface area contributed by atoms with Crippen molar-refractivity contribution in [2.45, 2.75) is 50.4 Å². The number of nitrogens with one attached hydrogen (secondary N) is 2.